The fourth-order valence-corrected chi connectivity index (χ4v) is 3.66. The summed E-state index contributed by atoms with van der Waals surface area (Å²) in [6.45, 7) is 3.10. The van der Waals surface area contributed by atoms with E-state index in [1.165, 1.54) is 12.1 Å². The monoisotopic (exact) mass is 371 g/mol. The molecule has 0 fully saturated rings. The van der Waals surface area contributed by atoms with Gasteiger partial charge in [0.15, 0.2) is 0 Å². The molecular formula is C15H19BrFN3S. The average Bonchev–Trinajstić information content (AvgIpc) is 2.81. The first-order valence-corrected chi connectivity index (χ1v) is 8.68. The van der Waals surface area contributed by atoms with Crippen LogP contribution < -0.4 is 5.32 Å². The van der Waals surface area contributed by atoms with Crippen LogP contribution >= 0.6 is 27.7 Å². The van der Waals surface area contributed by atoms with Crippen LogP contribution in [0, 0.1) is 5.82 Å². The van der Waals surface area contributed by atoms with Crippen LogP contribution in [-0.2, 0) is 7.05 Å². The van der Waals surface area contributed by atoms with Crippen LogP contribution in [0.3, 0.4) is 0 Å². The van der Waals surface area contributed by atoms with Gasteiger partial charge in [-0.3, -0.25) is 4.68 Å². The van der Waals surface area contributed by atoms with Crippen LogP contribution in [0.4, 0.5) is 4.39 Å². The Hall–Kier alpha value is -0.850. The van der Waals surface area contributed by atoms with Crippen molar-refractivity contribution in [2.24, 2.45) is 7.05 Å². The van der Waals surface area contributed by atoms with E-state index >= 15 is 0 Å². The molecule has 0 saturated carbocycles. The van der Waals surface area contributed by atoms with E-state index in [9.17, 15) is 4.39 Å². The third-order valence-electron chi connectivity index (χ3n) is 3.14. The van der Waals surface area contributed by atoms with E-state index in [-0.39, 0.29) is 11.9 Å². The molecule has 3 nitrogen and oxygen atoms in total. The Balaban J connectivity index is 2.08. The van der Waals surface area contributed by atoms with Crippen molar-refractivity contribution in [2.45, 2.75) is 24.3 Å². The summed E-state index contributed by atoms with van der Waals surface area (Å²) < 4.78 is 15.8. The Morgan fingerprint density at radius 3 is 2.67 bits per heavy atom. The molecule has 0 aliphatic heterocycles. The molecule has 1 heterocycles. The lowest BCUT2D eigenvalue weighted by Gasteiger charge is -2.19. The summed E-state index contributed by atoms with van der Waals surface area (Å²) in [6, 6.07) is 6.82. The zero-order chi connectivity index (χ0) is 15.2. The molecule has 0 amide bonds. The molecule has 0 radical (unpaired) electrons. The molecular weight excluding hydrogens is 353 g/mol. The van der Waals surface area contributed by atoms with Gasteiger partial charge in [-0.1, -0.05) is 6.92 Å². The fraction of sp³-hybridized carbons (Fsp3) is 0.400. The summed E-state index contributed by atoms with van der Waals surface area (Å²) in [5, 5.41) is 7.83. The van der Waals surface area contributed by atoms with E-state index < -0.39 is 0 Å². The Morgan fingerprint density at radius 2 is 2.10 bits per heavy atom. The number of aryl methyl sites for hydroxylation is 1. The maximum atomic E-state index is 12.9. The van der Waals surface area contributed by atoms with Crippen molar-refractivity contribution >= 4 is 27.7 Å². The van der Waals surface area contributed by atoms with E-state index in [1.807, 2.05) is 30.1 Å². The van der Waals surface area contributed by atoms with E-state index in [1.54, 1.807) is 11.8 Å². The summed E-state index contributed by atoms with van der Waals surface area (Å²) >= 11 is 5.28. The number of hydrogen-bond donors (Lipinski definition) is 1. The number of nitrogens with one attached hydrogen (secondary N) is 1. The second-order valence-corrected chi connectivity index (χ2v) is 6.72. The Labute approximate surface area is 137 Å². The minimum atomic E-state index is -0.200. The second kappa shape index (κ2) is 7.96. The van der Waals surface area contributed by atoms with E-state index in [2.05, 4.69) is 33.3 Å². The van der Waals surface area contributed by atoms with Crippen molar-refractivity contribution in [3.63, 3.8) is 0 Å². The van der Waals surface area contributed by atoms with Gasteiger partial charge in [-0.25, -0.2) is 4.39 Å². The topological polar surface area (TPSA) is 29.9 Å². The lowest BCUT2D eigenvalue weighted by Crippen LogP contribution is -2.26. The standard InChI is InChI=1S/C15H19BrFN3S/c1-3-8-18-14(15-13(16)9-19-20(15)2)10-21-12-6-4-11(17)5-7-12/h4-7,9,14,18H,3,8,10H2,1-2H3. The van der Waals surface area contributed by atoms with Crippen molar-refractivity contribution in [1.82, 2.24) is 15.1 Å². The van der Waals surface area contributed by atoms with Crippen molar-refractivity contribution < 1.29 is 4.39 Å². The zero-order valence-electron chi connectivity index (χ0n) is 12.1. The van der Waals surface area contributed by atoms with Gasteiger partial charge in [-0.15, -0.1) is 11.8 Å². The number of aromatic nitrogens is 2. The van der Waals surface area contributed by atoms with Crippen molar-refractivity contribution in [3.8, 4) is 0 Å². The minimum Gasteiger partial charge on any atom is -0.308 e. The lowest BCUT2D eigenvalue weighted by molar-refractivity contribution is 0.533. The molecule has 114 valence electrons. The van der Waals surface area contributed by atoms with Crippen LogP contribution in [0.15, 0.2) is 39.8 Å². The molecule has 21 heavy (non-hydrogen) atoms. The number of rotatable bonds is 7. The number of benzene rings is 1. The molecule has 0 saturated heterocycles. The van der Waals surface area contributed by atoms with Gasteiger partial charge < -0.3 is 5.32 Å². The summed E-state index contributed by atoms with van der Waals surface area (Å²) in [4.78, 5) is 1.07. The molecule has 1 atom stereocenters. The van der Waals surface area contributed by atoms with Crippen LogP contribution in [0.2, 0.25) is 0 Å². The molecule has 1 N–H and O–H groups in total. The van der Waals surface area contributed by atoms with E-state index in [0.717, 1.165) is 33.8 Å². The zero-order valence-corrected chi connectivity index (χ0v) is 14.5. The highest BCUT2D eigenvalue weighted by molar-refractivity contribution is 9.10. The van der Waals surface area contributed by atoms with E-state index in [0.29, 0.717) is 0 Å². The molecule has 0 spiro atoms. The Kier molecular flexibility index (Phi) is 6.26. The third-order valence-corrected chi connectivity index (χ3v) is 4.86. The summed E-state index contributed by atoms with van der Waals surface area (Å²) in [6.07, 6.45) is 2.89. The first kappa shape index (κ1) is 16.5. The summed E-state index contributed by atoms with van der Waals surface area (Å²) in [7, 11) is 1.95. The van der Waals surface area contributed by atoms with Crippen molar-refractivity contribution in [3.05, 3.63) is 46.4 Å². The first-order valence-electron chi connectivity index (χ1n) is 6.91. The molecule has 1 aromatic heterocycles. The van der Waals surface area contributed by atoms with Gasteiger partial charge in [0, 0.05) is 17.7 Å². The van der Waals surface area contributed by atoms with Crippen LogP contribution in [0.1, 0.15) is 25.1 Å². The Morgan fingerprint density at radius 1 is 1.38 bits per heavy atom. The quantitative estimate of drug-likeness (QED) is 0.741. The average molecular weight is 372 g/mol. The van der Waals surface area contributed by atoms with Gasteiger partial charge in [-0.2, -0.15) is 5.10 Å². The number of halogens is 2. The predicted molar refractivity (Wildman–Crippen MR) is 89.1 cm³/mol. The molecule has 2 rings (SSSR count). The molecule has 6 heteroatoms. The summed E-state index contributed by atoms with van der Waals surface area (Å²) in [5.74, 6) is 0.665. The highest BCUT2D eigenvalue weighted by atomic mass is 79.9. The molecule has 0 aliphatic carbocycles. The highest BCUT2D eigenvalue weighted by Gasteiger charge is 2.18. The normalized spacial score (nSPS) is 12.6. The third kappa shape index (κ3) is 4.56. The number of nitrogens with zero attached hydrogens (tertiary/aromatic N) is 2. The minimum absolute atomic E-state index is 0.196. The highest BCUT2D eigenvalue weighted by Crippen LogP contribution is 2.28. The van der Waals surface area contributed by atoms with Crippen LogP contribution in [-0.4, -0.2) is 22.1 Å². The maximum Gasteiger partial charge on any atom is 0.123 e. The largest absolute Gasteiger partial charge is 0.308 e. The SMILES string of the molecule is CCCNC(CSc1ccc(F)cc1)c1c(Br)cnn1C. The molecule has 0 aliphatic rings. The molecule has 2 aromatic rings. The molecule has 1 unspecified atom stereocenters. The number of hydrogen-bond acceptors (Lipinski definition) is 3. The van der Waals surface area contributed by atoms with Crippen LogP contribution in [0.5, 0.6) is 0 Å². The maximum absolute atomic E-state index is 12.9. The van der Waals surface area contributed by atoms with Gasteiger partial charge in [-0.05, 0) is 53.2 Å². The lowest BCUT2D eigenvalue weighted by atomic mass is 10.2. The van der Waals surface area contributed by atoms with Crippen molar-refractivity contribution in [2.75, 3.05) is 12.3 Å². The Bertz CT molecular complexity index is 551. The molecule has 1 aromatic carbocycles. The number of thioether (sulfide) groups is 1. The van der Waals surface area contributed by atoms with Gasteiger partial charge >= 0.3 is 0 Å². The summed E-state index contributed by atoms with van der Waals surface area (Å²) in [5.41, 5.74) is 1.14. The molecule has 0 bridgehead atoms. The second-order valence-electron chi connectivity index (χ2n) is 4.77. The predicted octanol–water partition coefficient (Wildman–Crippen LogP) is 4.15. The van der Waals surface area contributed by atoms with Crippen molar-refractivity contribution in [1.29, 1.82) is 0 Å². The van der Waals surface area contributed by atoms with E-state index in [4.69, 9.17) is 0 Å². The van der Waals surface area contributed by atoms with Gasteiger partial charge in [0.25, 0.3) is 0 Å². The first-order chi connectivity index (χ1) is 10.1. The van der Waals surface area contributed by atoms with Gasteiger partial charge in [0.05, 0.1) is 22.4 Å². The van der Waals surface area contributed by atoms with Crippen LogP contribution in [0.25, 0.3) is 0 Å². The van der Waals surface area contributed by atoms with Gasteiger partial charge in [0.2, 0.25) is 0 Å². The fourth-order valence-electron chi connectivity index (χ4n) is 2.08. The van der Waals surface area contributed by atoms with Gasteiger partial charge in [0.1, 0.15) is 5.82 Å². The smallest absolute Gasteiger partial charge is 0.123 e.